The van der Waals surface area contributed by atoms with Gasteiger partial charge in [-0.3, -0.25) is 5.10 Å². The normalized spacial score (nSPS) is 16.7. The van der Waals surface area contributed by atoms with Crippen LogP contribution in [0, 0.1) is 0 Å². The van der Waals surface area contributed by atoms with Crippen molar-refractivity contribution in [3.63, 3.8) is 0 Å². The van der Waals surface area contributed by atoms with Crippen LogP contribution in [0.15, 0.2) is 47.8 Å². The Balaban J connectivity index is 2.15. The molecule has 5 heteroatoms. The van der Waals surface area contributed by atoms with E-state index in [9.17, 15) is 4.79 Å². The van der Waals surface area contributed by atoms with Crippen LogP contribution in [0.2, 0.25) is 0 Å². The Labute approximate surface area is 135 Å². The maximum atomic E-state index is 12.6. The summed E-state index contributed by atoms with van der Waals surface area (Å²) in [7, 11) is 0. The fourth-order valence-electron chi connectivity index (χ4n) is 3.05. The van der Waals surface area contributed by atoms with Crippen LogP contribution in [0.25, 0.3) is 0 Å². The second-order valence-electron chi connectivity index (χ2n) is 5.53. The van der Waals surface area contributed by atoms with Crippen molar-refractivity contribution in [2.24, 2.45) is 0 Å². The van der Waals surface area contributed by atoms with Gasteiger partial charge in [0.1, 0.15) is 5.82 Å². The number of aromatic amines is 1. The highest BCUT2D eigenvalue weighted by Gasteiger charge is 2.35. The van der Waals surface area contributed by atoms with Gasteiger partial charge >= 0.3 is 5.97 Å². The van der Waals surface area contributed by atoms with Gasteiger partial charge in [0.15, 0.2) is 0 Å². The summed E-state index contributed by atoms with van der Waals surface area (Å²) in [6.07, 6.45) is 3.51. The van der Waals surface area contributed by atoms with Crippen molar-refractivity contribution in [2.75, 3.05) is 11.9 Å². The summed E-state index contributed by atoms with van der Waals surface area (Å²) in [4.78, 5) is 12.6. The van der Waals surface area contributed by atoms with Gasteiger partial charge < -0.3 is 10.1 Å². The van der Waals surface area contributed by atoms with Gasteiger partial charge in [-0.15, -0.1) is 0 Å². The number of nitrogens with one attached hydrogen (secondary N) is 2. The van der Waals surface area contributed by atoms with Crippen molar-refractivity contribution in [1.82, 2.24) is 10.2 Å². The van der Waals surface area contributed by atoms with Gasteiger partial charge in [-0.2, -0.15) is 5.10 Å². The lowest BCUT2D eigenvalue weighted by atomic mass is 9.82. The molecular weight excluding hydrogens is 290 g/mol. The number of carbonyl (C=O) groups excluding carboxylic acids is 1. The van der Waals surface area contributed by atoms with Gasteiger partial charge in [0.05, 0.1) is 18.4 Å². The molecule has 0 fully saturated rings. The third-order valence-corrected chi connectivity index (χ3v) is 4.00. The smallest absolute Gasteiger partial charge is 0.336 e. The highest BCUT2D eigenvalue weighted by atomic mass is 16.5. The maximum Gasteiger partial charge on any atom is 0.336 e. The van der Waals surface area contributed by atoms with Crippen LogP contribution in [-0.2, 0) is 9.53 Å². The minimum absolute atomic E-state index is 0.160. The highest BCUT2D eigenvalue weighted by Crippen LogP contribution is 2.42. The first-order valence-electron chi connectivity index (χ1n) is 8.01. The standard InChI is InChI=1S/C18H21N3O2/c1-3-8-14-16(18(22)23-4-2)15(12-9-6-5-7-10-12)13-11-19-21-17(13)20-14/h5-7,9-11,15H,3-4,8H2,1-2H3,(H2,19,20,21). The topological polar surface area (TPSA) is 67.0 Å². The molecule has 0 saturated heterocycles. The zero-order valence-electron chi connectivity index (χ0n) is 13.4. The number of anilines is 1. The van der Waals surface area contributed by atoms with Gasteiger partial charge in [-0.25, -0.2) is 4.79 Å². The summed E-state index contributed by atoms with van der Waals surface area (Å²) in [5, 5.41) is 10.5. The van der Waals surface area contributed by atoms with E-state index in [2.05, 4.69) is 22.4 Å². The predicted octanol–water partition coefficient (Wildman–Crippen LogP) is 3.58. The van der Waals surface area contributed by atoms with Gasteiger partial charge in [0.25, 0.3) is 0 Å². The summed E-state index contributed by atoms with van der Waals surface area (Å²) in [5.41, 5.74) is 3.64. The average Bonchev–Trinajstić information content (AvgIpc) is 3.03. The number of nitrogens with zero attached hydrogens (tertiary/aromatic N) is 1. The molecule has 0 bridgehead atoms. The largest absolute Gasteiger partial charge is 0.463 e. The Kier molecular flexibility index (Phi) is 4.46. The van der Waals surface area contributed by atoms with E-state index in [1.807, 2.05) is 37.3 Å². The lowest BCUT2D eigenvalue weighted by molar-refractivity contribution is -0.138. The molecule has 1 aromatic carbocycles. The van der Waals surface area contributed by atoms with E-state index in [1.165, 1.54) is 0 Å². The number of hydrogen-bond acceptors (Lipinski definition) is 4. The molecule has 0 radical (unpaired) electrons. The number of fused-ring (bicyclic) bond motifs is 1. The van der Waals surface area contributed by atoms with E-state index >= 15 is 0 Å². The van der Waals surface area contributed by atoms with Crippen molar-refractivity contribution >= 4 is 11.8 Å². The molecule has 2 N–H and O–H groups in total. The lowest BCUT2D eigenvalue weighted by Gasteiger charge is -2.28. The number of aromatic nitrogens is 2. The number of allylic oxidation sites excluding steroid dienone is 1. The SMILES string of the molecule is CCCC1=C(C(=O)OCC)C(c2ccccc2)c2cn[nH]c2N1. The number of ether oxygens (including phenoxy) is 1. The first-order valence-corrected chi connectivity index (χ1v) is 8.01. The number of benzene rings is 1. The third kappa shape index (κ3) is 2.86. The van der Waals surface area contributed by atoms with Gasteiger partial charge in [-0.05, 0) is 18.9 Å². The van der Waals surface area contributed by atoms with Crippen LogP contribution in [0.4, 0.5) is 5.82 Å². The minimum atomic E-state index is -0.260. The third-order valence-electron chi connectivity index (χ3n) is 4.00. The van der Waals surface area contributed by atoms with E-state index in [-0.39, 0.29) is 11.9 Å². The van der Waals surface area contributed by atoms with E-state index in [1.54, 1.807) is 6.20 Å². The molecule has 0 amide bonds. The molecule has 0 saturated carbocycles. The Morgan fingerprint density at radius 1 is 1.26 bits per heavy atom. The van der Waals surface area contributed by atoms with E-state index in [0.717, 1.165) is 35.5 Å². The fourth-order valence-corrected chi connectivity index (χ4v) is 3.05. The van der Waals surface area contributed by atoms with Crippen molar-refractivity contribution < 1.29 is 9.53 Å². The molecule has 2 heterocycles. The molecule has 2 aromatic rings. The molecular formula is C18H21N3O2. The quantitative estimate of drug-likeness (QED) is 0.828. The number of carbonyl (C=O) groups is 1. The van der Waals surface area contributed by atoms with Gasteiger partial charge in [0.2, 0.25) is 0 Å². The second kappa shape index (κ2) is 6.69. The van der Waals surface area contributed by atoms with E-state index in [0.29, 0.717) is 12.2 Å². The second-order valence-corrected chi connectivity index (χ2v) is 5.53. The van der Waals surface area contributed by atoms with Crippen LogP contribution >= 0.6 is 0 Å². The molecule has 0 spiro atoms. The summed E-state index contributed by atoms with van der Waals surface area (Å²) >= 11 is 0. The Morgan fingerprint density at radius 2 is 2.04 bits per heavy atom. The Bertz CT molecular complexity index is 719. The first kappa shape index (κ1) is 15.3. The number of rotatable bonds is 5. The van der Waals surface area contributed by atoms with Crippen molar-refractivity contribution in [3.05, 3.63) is 58.9 Å². The van der Waals surface area contributed by atoms with E-state index < -0.39 is 0 Å². The summed E-state index contributed by atoms with van der Waals surface area (Å²) in [5.74, 6) is 0.436. The van der Waals surface area contributed by atoms with Crippen molar-refractivity contribution in [1.29, 1.82) is 0 Å². The van der Waals surface area contributed by atoms with Crippen LogP contribution in [-0.4, -0.2) is 22.8 Å². The summed E-state index contributed by atoms with van der Waals surface area (Å²) < 4.78 is 5.33. The maximum absolute atomic E-state index is 12.6. The molecule has 1 atom stereocenters. The predicted molar refractivity (Wildman–Crippen MR) is 89.1 cm³/mol. The molecule has 1 aliphatic rings. The summed E-state index contributed by atoms with van der Waals surface area (Å²) in [6.45, 7) is 4.29. The molecule has 1 unspecified atom stereocenters. The monoisotopic (exact) mass is 311 g/mol. The van der Waals surface area contributed by atoms with Gasteiger partial charge in [-0.1, -0.05) is 43.7 Å². The zero-order chi connectivity index (χ0) is 16.2. The molecule has 5 nitrogen and oxygen atoms in total. The Hall–Kier alpha value is -2.56. The highest BCUT2D eigenvalue weighted by molar-refractivity contribution is 5.94. The van der Waals surface area contributed by atoms with Crippen LogP contribution in [0.5, 0.6) is 0 Å². The summed E-state index contributed by atoms with van der Waals surface area (Å²) in [6, 6.07) is 10.0. The van der Waals surface area contributed by atoms with Crippen molar-refractivity contribution in [3.8, 4) is 0 Å². The molecule has 1 aromatic heterocycles. The number of H-pyrrole nitrogens is 1. The van der Waals surface area contributed by atoms with Crippen LogP contribution in [0.1, 0.15) is 43.7 Å². The van der Waals surface area contributed by atoms with E-state index in [4.69, 9.17) is 4.74 Å². The van der Waals surface area contributed by atoms with Crippen molar-refractivity contribution in [2.45, 2.75) is 32.6 Å². The minimum Gasteiger partial charge on any atom is -0.463 e. The molecule has 120 valence electrons. The van der Waals surface area contributed by atoms with Crippen LogP contribution in [0.3, 0.4) is 0 Å². The molecule has 1 aliphatic heterocycles. The zero-order valence-corrected chi connectivity index (χ0v) is 13.4. The number of hydrogen-bond donors (Lipinski definition) is 2. The average molecular weight is 311 g/mol. The molecule has 23 heavy (non-hydrogen) atoms. The van der Waals surface area contributed by atoms with Crippen LogP contribution < -0.4 is 5.32 Å². The lowest BCUT2D eigenvalue weighted by Crippen LogP contribution is -2.25. The molecule has 3 rings (SSSR count). The van der Waals surface area contributed by atoms with Gasteiger partial charge in [0, 0.05) is 17.2 Å². The Morgan fingerprint density at radius 3 is 2.74 bits per heavy atom. The first-order chi connectivity index (χ1) is 11.3. The fraction of sp³-hybridized carbons (Fsp3) is 0.333. The molecule has 0 aliphatic carbocycles. The number of esters is 1.